The van der Waals surface area contributed by atoms with Crippen LogP contribution in [0.2, 0.25) is 0 Å². The van der Waals surface area contributed by atoms with Crippen LogP contribution in [-0.4, -0.2) is 24.0 Å². The van der Waals surface area contributed by atoms with Crippen LogP contribution in [-0.2, 0) is 0 Å². The highest BCUT2D eigenvalue weighted by Gasteiger charge is 2.32. The van der Waals surface area contributed by atoms with E-state index in [0.29, 0.717) is 6.04 Å². The van der Waals surface area contributed by atoms with Crippen LogP contribution >= 0.6 is 21.9 Å². The molecule has 1 heterocycles. The number of hydrogen-bond acceptors (Lipinski definition) is 2. The van der Waals surface area contributed by atoms with Crippen molar-refractivity contribution in [1.82, 2.24) is 5.32 Å². The fraction of sp³-hybridized carbons (Fsp3) is 1.00. The van der Waals surface area contributed by atoms with Gasteiger partial charge in [-0.1, -0.05) is 0 Å². The van der Waals surface area contributed by atoms with E-state index in [1.54, 1.807) is 0 Å². The predicted octanol–water partition coefficient (Wildman–Crippen LogP) is 0.132. The zero-order chi connectivity index (χ0) is 5.28. The summed E-state index contributed by atoms with van der Waals surface area (Å²) in [6.45, 7) is 0. The Hall–Kier alpha value is 0.740. The molecule has 1 aliphatic rings. The van der Waals surface area contributed by atoms with Gasteiger partial charge in [0.05, 0.1) is 0 Å². The molecule has 3 heteroatoms. The Bertz CT molecular complexity index is 60.7. The standard InChI is InChI=1S/C4H10NPS/c6-1-3-4(2-7)5-3/h3-5,7H,1-2,6H2/t3?,4-/m1/s1. The smallest absolute Gasteiger partial charge is 0.0315 e. The van der Waals surface area contributed by atoms with Crippen molar-refractivity contribution >= 4 is 21.9 Å². The van der Waals surface area contributed by atoms with E-state index >= 15 is 0 Å². The third-order valence-corrected chi connectivity index (χ3v) is 2.16. The number of hydrogen-bond donors (Lipinski definition) is 2. The lowest BCUT2D eigenvalue weighted by atomic mass is 10.4. The van der Waals surface area contributed by atoms with E-state index in [4.69, 9.17) is 0 Å². The normalized spacial score (nSPS) is 38.6. The molecule has 2 unspecified atom stereocenters. The summed E-state index contributed by atoms with van der Waals surface area (Å²) in [5.41, 5.74) is 0. The second kappa shape index (κ2) is 2.34. The molecule has 42 valence electrons. The zero-order valence-electron chi connectivity index (χ0n) is 4.09. The highest BCUT2D eigenvalue weighted by molar-refractivity contribution is 7.80. The van der Waals surface area contributed by atoms with Gasteiger partial charge in [0.15, 0.2) is 0 Å². The second-order valence-corrected chi connectivity index (χ2v) is 2.63. The van der Waals surface area contributed by atoms with Crippen LogP contribution in [0.4, 0.5) is 0 Å². The molecule has 1 N–H and O–H groups in total. The largest absolute Gasteiger partial charge is 0.307 e. The van der Waals surface area contributed by atoms with E-state index in [-0.39, 0.29) is 0 Å². The van der Waals surface area contributed by atoms with Gasteiger partial charge in [0, 0.05) is 17.8 Å². The first-order valence-electron chi connectivity index (χ1n) is 2.45. The Morgan fingerprint density at radius 2 is 2.29 bits per heavy atom. The summed E-state index contributed by atoms with van der Waals surface area (Å²) in [5.74, 6) is 0.985. The molecule has 1 fully saturated rings. The molecule has 0 spiro atoms. The molecule has 0 bridgehead atoms. The summed E-state index contributed by atoms with van der Waals surface area (Å²) < 4.78 is 0. The average Bonchev–Trinajstić information content (AvgIpc) is 2.43. The van der Waals surface area contributed by atoms with E-state index in [2.05, 4.69) is 27.2 Å². The van der Waals surface area contributed by atoms with Gasteiger partial charge in [-0.2, -0.15) is 12.6 Å². The number of rotatable bonds is 2. The van der Waals surface area contributed by atoms with Gasteiger partial charge >= 0.3 is 0 Å². The Balaban J connectivity index is 2.06. The summed E-state index contributed by atoms with van der Waals surface area (Å²) in [4.78, 5) is 0. The minimum atomic E-state index is 0.709. The molecule has 0 aromatic heterocycles. The van der Waals surface area contributed by atoms with E-state index < -0.39 is 0 Å². The molecule has 0 amide bonds. The molecule has 0 radical (unpaired) electrons. The topological polar surface area (TPSA) is 21.9 Å². The minimum absolute atomic E-state index is 0.709. The Kier molecular flexibility index (Phi) is 1.96. The maximum atomic E-state index is 4.12. The van der Waals surface area contributed by atoms with Crippen molar-refractivity contribution in [3.63, 3.8) is 0 Å². The molecule has 3 atom stereocenters. The predicted molar refractivity (Wildman–Crippen MR) is 39.1 cm³/mol. The number of thiol groups is 1. The maximum absolute atomic E-state index is 4.12. The van der Waals surface area contributed by atoms with Crippen LogP contribution in [0, 0.1) is 0 Å². The molecule has 0 aliphatic carbocycles. The van der Waals surface area contributed by atoms with Gasteiger partial charge in [-0.05, 0) is 6.16 Å². The van der Waals surface area contributed by atoms with E-state index in [1.165, 1.54) is 6.16 Å². The summed E-state index contributed by atoms with van der Waals surface area (Å²) in [6.07, 6.45) is 1.17. The van der Waals surface area contributed by atoms with Crippen LogP contribution in [0.25, 0.3) is 0 Å². The SMILES string of the molecule is PCC1N[C@@H]1CS. The van der Waals surface area contributed by atoms with Gasteiger partial charge in [-0.3, -0.25) is 0 Å². The van der Waals surface area contributed by atoms with Crippen molar-refractivity contribution < 1.29 is 0 Å². The summed E-state index contributed by atoms with van der Waals surface area (Å²) in [6, 6.07) is 1.46. The molecule has 1 nitrogen and oxygen atoms in total. The fourth-order valence-electron chi connectivity index (χ4n) is 0.632. The molecular formula is C4H10NPS. The molecule has 0 aromatic rings. The van der Waals surface area contributed by atoms with Crippen molar-refractivity contribution in [2.75, 3.05) is 11.9 Å². The minimum Gasteiger partial charge on any atom is -0.307 e. The Labute approximate surface area is 51.9 Å². The molecule has 0 saturated carbocycles. The van der Waals surface area contributed by atoms with E-state index in [1.807, 2.05) is 0 Å². The van der Waals surface area contributed by atoms with Crippen molar-refractivity contribution in [3.8, 4) is 0 Å². The summed E-state index contributed by atoms with van der Waals surface area (Å²) in [5, 5.41) is 3.27. The van der Waals surface area contributed by atoms with Crippen LogP contribution < -0.4 is 5.32 Å². The average molecular weight is 135 g/mol. The van der Waals surface area contributed by atoms with Crippen molar-refractivity contribution in [1.29, 1.82) is 0 Å². The van der Waals surface area contributed by atoms with Crippen molar-refractivity contribution in [2.45, 2.75) is 12.1 Å². The zero-order valence-corrected chi connectivity index (χ0v) is 6.14. The first kappa shape index (κ1) is 5.87. The van der Waals surface area contributed by atoms with Gasteiger partial charge < -0.3 is 5.32 Å². The fourth-order valence-corrected chi connectivity index (χ4v) is 1.46. The Morgan fingerprint density at radius 3 is 2.43 bits per heavy atom. The molecule has 1 rings (SSSR count). The van der Waals surface area contributed by atoms with Crippen molar-refractivity contribution in [3.05, 3.63) is 0 Å². The first-order valence-corrected chi connectivity index (χ1v) is 3.90. The third-order valence-electron chi connectivity index (χ3n) is 1.26. The highest BCUT2D eigenvalue weighted by atomic mass is 32.1. The van der Waals surface area contributed by atoms with Gasteiger partial charge in [0.25, 0.3) is 0 Å². The quantitative estimate of drug-likeness (QED) is 0.313. The maximum Gasteiger partial charge on any atom is 0.0315 e. The Morgan fingerprint density at radius 1 is 1.57 bits per heavy atom. The van der Waals surface area contributed by atoms with Gasteiger partial charge in [-0.15, -0.1) is 9.24 Å². The molecule has 1 aliphatic heterocycles. The van der Waals surface area contributed by atoms with E-state index in [0.717, 1.165) is 11.8 Å². The van der Waals surface area contributed by atoms with Crippen LogP contribution in [0.1, 0.15) is 0 Å². The molecule has 0 aromatic carbocycles. The van der Waals surface area contributed by atoms with Gasteiger partial charge in [-0.25, -0.2) is 0 Å². The highest BCUT2D eigenvalue weighted by Crippen LogP contribution is 2.13. The molecule has 1 saturated heterocycles. The number of nitrogens with one attached hydrogen (secondary N) is 1. The monoisotopic (exact) mass is 135 g/mol. The van der Waals surface area contributed by atoms with Crippen LogP contribution in [0.15, 0.2) is 0 Å². The lowest BCUT2D eigenvalue weighted by Crippen LogP contribution is -1.94. The summed E-state index contributed by atoms with van der Waals surface area (Å²) in [7, 11) is 2.71. The molecular weight excluding hydrogens is 125 g/mol. The van der Waals surface area contributed by atoms with Crippen LogP contribution in [0.3, 0.4) is 0 Å². The molecule has 7 heavy (non-hydrogen) atoms. The summed E-state index contributed by atoms with van der Waals surface area (Å²) >= 11 is 4.12. The second-order valence-electron chi connectivity index (χ2n) is 1.80. The van der Waals surface area contributed by atoms with Crippen molar-refractivity contribution in [2.24, 2.45) is 0 Å². The first-order chi connectivity index (χ1) is 3.38. The lowest BCUT2D eigenvalue weighted by Gasteiger charge is -1.81. The van der Waals surface area contributed by atoms with Gasteiger partial charge in [0.2, 0.25) is 0 Å². The van der Waals surface area contributed by atoms with E-state index in [9.17, 15) is 0 Å². The van der Waals surface area contributed by atoms with Gasteiger partial charge in [0.1, 0.15) is 0 Å². The lowest BCUT2D eigenvalue weighted by molar-refractivity contribution is 1.07. The van der Waals surface area contributed by atoms with Crippen LogP contribution in [0.5, 0.6) is 0 Å². The third kappa shape index (κ3) is 1.31.